The smallest absolute Gasteiger partial charge is 0.317 e. The summed E-state index contributed by atoms with van der Waals surface area (Å²) in [4.78, 5) is 15.5. The van der Waals surface area contributed by atoms with Crippen molar-refractivity contribution in [2.45, 2.75) is 50.7 Å². The molecular weight excluding hydrogens is 308 g/mol. The largest absolute Gasteiger partial charge is 0.393 e. The minimum Gasteiger partial charge on any atom is -0.393 e. The molecule has 0 aliphatic carbocycles. The van der Waals surface area contributed by atoms with Crippen molar-refractivity contribution >= 4 is 17.8 Å². The minimum atomic E-state index is -0.279. The van der Waals surface area contributed by atoms with Crippen LogP contribution in [0, 0.1) is 5.92 Å². The maximum Gasteiger partial charge on any atom is 0.317 e. The van der Waals surface area contributed by atoms with Crippen LogP contribution < -0.4 is 5.32 Å². The highest BCUT2D eigenvalue weighted by molar-refractivity contribution is 7.99. The number of likely N-dealkylation sites (tertiary alicyclic amines) is 1. The number of hydrogen-bond donors (Lipinski definition) is 2. The highest BCUT2D eigenvalue weighted by atomic mass is 32.2. The van der Waals surface area contributed by atoms with Crippen LogP contribution in [0.25, 0.3) is 0 Å². The Morgan fingerprint density at radius 3 is 2.43 bits per heavy atom. The summed E-state index contributed by atoms with van der Waals surface area (Å²) in [5.74, 6) is 1.38. The van der Waals surface area contributed by atoms with Crippen LogP contribution in [-0.4, -0.2) is 41.0 Å². The van der Waals surface area contributed by atoms with Crippen LogP contribution in [0.15, 0.2) is 29.2 Å². The fourth-order valence-corrected chi connectivity index (χ4v) is 3.63. The van der Waals surface area contributed by atoms with E-state index in [0.29, 0.717) is 5.92 Å². The van der Waals surface area contributed by atoms with Gasteiger partial charge in [-0.2, -0.15) is 0 Å². The van der Waals surface area contributed by atoms with Gasteiger partial charge in [-0.15, -0.1) is 11.8 Å². The highest BCUT2D eigenvalue weighted by Crippen LogP contribution is 2.23. The van der Waals surface area contributed by atoms with Crippen molar-refractivity contribution in [3.8, 4) is 0 Å². The maximum absolute atomic E-state index is 12.4. The Labute approximate surface area is 143 Å². The third-order valence-electron chi connectivity index (χ3n) is 4.54. The third kappa shape index (κ3) is 5.15. The fraction of sp³-hybridized carbons (Fsp3) is 0.611. The first kappa shape index (κ1) is 18.1. The Kier molecular flexibility index (Phi) is 6.78. The monoisotopic (exact) mass is 336 g/mol. The summed E-state index contributed by atoms with van der Waals surface area (Å²) in [5.41, 5.74) is 1.12. The Morgan fingerprint density at radius 2 is 1.91 bits per heavy atom. The second-order valence-electron chi connectivity index (χ2n) is 6.24. The molecule has 128 valence electrons. The summed E-state index contributed by atoms with van der Waals surface area (Å²) in [6.45, 7) is 7.44. The van der Waals surface area contributed by atoms with Gasteiger partial charge in [-0.05, 0) is 56.1 Å². The molecule has 0 bridgehead atoms. The van der Waals surface area contributed by atoms with E-state index in [9.17, 15) is 9.90 Å². The second kappa shape index (κ2) is 8.60. The van der Waals surface area contributed by atoms with Gasteiger partial charge >= 0.3 is 6.03 Å². The number of rotatable bonds is 5. The number of aliphatic hydroxyl groups is 1. The van der Waals surface area contributed by atoms with Crippen molar-refractivity contribution in [3.63, 3.8) is 0 Å². The minimum absolute atomic E-state index is 0.00216. The molecule has 1 aromatic carbocycles. The predicted octanol–water partition coefficient (Wildman–Crippen LogP) is 3.66. The van der Waals surface area contributed by atoms with Crippen LogP contribution in [0.5, 0.6) is 0 Å². The third-order valence-corrected chi connectivity index (χ3v) is 5.43. The lowest BCUT2D eigenvalue weighted by molar-refractivity contribution is 0.0794. The topological polar surface area (TPSA) is 52.6 Å². The lowest BCUT2D eigenvalue weighted by Crippen LogP contribution is -2.46. The van der Waals surface area contributed by atoms with E-state index in [1.54, 1.807) is 0 Å². The van der Waals surface area contributed by atoms with Gasteiger partial charge in [0, 0.05) is 18.0 Å². The van der Waals surface area contributed by atoms with Crippen molar-refractivity contribution in [1.29, 1.82) is 0 Å². The average molecular weight is 337 g/mol. The van der Waals surface area contributed by atoms with Crippen molar-refractivity contribution in [2.24, 2.45) is 5.92 Å². The van der Waals surface area contributed by atoms with Gasteiger partial charge in [0.1, 0.15) is 0 Å². The predicted molar refractivity (Wildman–Crippen MR) is 95.8 cm³/mol. The Hall–Kier alpha value is -1.20. The van der Waals surface area contributed by atoms with E-state index in [1.165, 1.54) is 4.90 Å². The van der Waals surface area contributed by atoms with Crippen LogP contribution >= 0.6 is 11.8 Å². The number of nitrogens with one attached hydrogen (secondary N) is 1. The van der Waals surface area contributed by atoms with E-state index in [0.717, 1.165) is 37.2 Å². The second-order valence-corrected chi connectivity index (χ2v) is 7.58. The molecule has 1 saturated heterocycles. The molecule has 0 spiro atoms. The summed E-state index contributed by atoms with van der Waals surface area (Å²) < 4.78 is 0. The van der Waals surface area contributed by atoms with Gasteiger partial charge in [0.2, 0.25) is 0 Å². The maximum atomic E-state index is 12.4. The van der Waals surface area contributed by atoms with Crippen LogP contribution in [0.3, 0.4) is 0 Å². The first-order valence-electron chi connectivity index (χ1n) is 8.47. The van der Waals surface area contributed by atoms with Crippen molar-refractivity contribution in [2.75, 3.05) is 18.8 Å². The van der Waals surface area contributed by atoms with Gasteiger partial charge in [-0.1, -0.05) is 19.1 Å². The quantitative estimate of drug-likeness (QED) is 0.807. The van der Waals surface area contributed by atoms with Crippen LogP contribution in [0.1, 0.15) is 45.2 Å². The summed E-state index contributed by atoms with van der Waals surface area (Å²) in [6, 6.07) is 8.39. The zero-order valence-electron chi connectivity index (χ0n) is 14.3. The van der Waals surface area contributed by atoms with Crippen LogP contribution in [0.4, 0.5) is 4.79 Å². The lowest BCUT2D eigenvalue weighted by atomic mass is 9.92. The molecule has 1 aliphatic rings. The number of carbonyl (C=O) groups excluding carboxylic acids is 1. The summed E-state index contributed by atoms with van der Waals surface area (Å²) in [7, 11) is 0. The average Bonchev–Trinajstić information content (AvgIpc) is 2.55. The molecule has 2 unspecified atom stereocenters. The summed E-state index contributed by atoms with van der Waals surface area (Å²) in [5, 5.41) is 12.7. The van der Waals surface area contributed by atoms with Crippen LogP contribution in [-0.2, 0) is 0 Å². The number of urea groups is 1. The molecule has 2 atom stereocenters. The van der Waals surface area contributed by atoms with E-state index in [2.05, 4.69) is 36.5 Å². The number of benzene rings is 1. The van der Waals surface area contributed by atoms with E-state index in [-0.39, 0.29) is 18.2 Å². The molecule has 0 aromatic heterocycles. The lowest BCUT2D eigenvalue weighted by Gasteiger charge is -2.34. The van der Waals surface area contributed by atoms with E-state index >= 15 is 0 Å². The molecule has 4 nitrogen and oxygen atoms in total. The SMILES string of the molecule is CCSc1ccc(C(C)NC(=O)N2CCC(C(C)O)CC2)cc1. The van der Waals surface area contributed by atoms with E-state index in [1.807, 2.05) is 30.5 Å². The standard InChI is InChI=1S/C18H28N2O2S/c1-4-23-17-7-5-15(6-8-17)13(2)19-18(22)20-11-9-16(10-12-20)14(3)21/h5-8,13-14,16,21H,4,9-12H2,1-3H3,(H,19,22). The molecule has 0 saturated carbocycles. The Balaban J connectivity index is 1.85. The van der Waals surface area contributed by atoms with Gasteiger partial charge in [0.05, 0.1) is 12.1 Å². The van der Waals surface area contributed by atoms with Gasteiger partial charge in [0.15, 0.2) is 0 Å². The summed E-state index contributed by atoms with van der Waals surface area (Å²) in [6.07, 6.45) is 1.48. The molecule has 2 N–H and O–H groups in total. The Bertz CT molecular complexity index is 496. The van der Waals surface area contributed by atoms with Gasteiger partial charge < -0.3 is 15.3 Å². The Morgan fingerprint density at radius 1 is 1.30 bits per heavy atom. The number of amides is 2. The number of nitrogens with zero attached hydrogens (tertiary/aromatic N) is 1. The molecular formula is C18H28N2O2S. The van der Waals surface area contributed by atoms with Gasteiger partial charge in [0.25, 0.3) is 0 Å². The molecule has 1 aromatic rings. The van der Waals surface area contributed by atoms with Gasteiger partial charge in [-0.25, -0.2) is 4.79 Å². The highest BCUT2D eigenvalue weighted by Gasteiger charge is 2.26. The normalized spacial score (nSPS) is 18.5. The van der Waals surface area contributed by atoms with E-state index < -0.39 is 0 Å². The van der Waals surface area contributed by atoms with Crippen LogP contribution in [0.2, 0.25) is 0 Å². The molecule has 2 rings (SSSR count). The number of thioether (sulfide) groups is 1. The molecule has 1 aliphatic heterocycles. The van der Waals surface area contributed by atoms with E-state index in [4.69, 9.17) is 0 Å². The van der Waals surface area contributed by atoms with Gasteiger partial charge in [-0.3, -0.25) is 0 Å². The molecule has 23 heavy (non-hydrogen) atoms. The first-order chi connectivity index (χ1) is 11.0. The first-order valence-corrected chi connectivity index (χ1v) is 9.46. The van der Waals surface area contributed by atoms with Crippen molar-refractivity contribution < 1.29 is 9.90 Å². The van der Waals surface area contributed by atoms with Crippen molar-refractivity contribution in [3.05, 3.63) is 29.8 Å². The molecule has 2 amide bonds. The summed E-state index contributed by atoms with van der Waals surface area (Å²) >= 11 is 1.82. The number of piperidine rings is 1. The molecule has 5 heteroatoms. The number of carbonyl (C=O) groups is 1. The molecule has 1 fully saturated rings. The zero-order valence-corrected chi connectivity index (χ0v) is 15.1. The molecule has 0 radical (unpaired) electrons. The molecule has 1 heterocycles. The van der Waals surface area contributed by atoms with Crippen molar-refractivity contribution in [1.82, 2.24) is 10.2 Å². The number of hydrogen-bond acceptors (Lipinski definition) is 3. The fourth-order valence-electron chi connectivity index (χ4n) is 2.96. The number of aliphatic hydroxyl groups excluding tert-OH is 1. The zero-order chi connectivity index (χ0) is 16.8.